The fourth-order valence-electron chi connectivity index (χ4n) is 2.20. The molecule has 5 nitrogen and oxygen atoms in total. The van der Waals surface area contributed by atoms with Gasteiger partial charge in [-0.1, -0.05) is 17.7 Å². The fourth-order valence-corrected chi connectivity index (χ4v) is 2.20. The molecule has 0 aliphatic heterocycles. The highest BCUT2D eigenvalue weighted by atomic mass is 16.4. The van der Waals surface area contributed by atoms with Crippen molar-refractivity contribution in [1.29, 1.82) is 0 Å². The summed E-state index contributed by atoms with van der Waals surface area (Å²) in [6.45, 7) is 3.81. The number of aromatic nitrogens is 2. The molecule has 0 aliphatic rings. The third-order valence-electron chi connectivity index (χ3n) is 3.46. The summed E-state index contributed by atoms with van der Waals surface area (Å²) in [7, 11) is 0. The Morgan fingerprint density at radius 2 is 1.96 bits per heavy atom. The zero-order valence-corrected chi connectivity index (χ0v) is 13.0. The number of amides is 1. The molecule has 116 valence electrons. The van der Waals surface area contributed by atoms with E-state index in [0.717, 1.165) is 16.8 Å². The average molecular weight is 307 g/mol. The van der Waals surface area contributed by atoms with Crippen molar-refractivity contribution < 1.29 is 9.21 Å². The van der Waals surface area contributed by atoms with Crippen LogP contribution >= 0.6 is 0 Å². The van der Waals surface area contributed by atoms with E-state index in [4.69, 9.17) is 4.42 Å². The largest absolute Gasteiger partial charge is 0.441 e. The molecule has 0 aliphatic carbocycles. The van der Waals surface area contributed by atoms with Gasteiger partial charge in [-0.15, -0.1) is 0 Å². The van der Waals surface area contributed by atoms with E-state index in [1.54, 1.807) is 19.3 Å². The molecule has 3 aromatic rings. The number of rotatable bonds is 4. The molecule has 3 rings (SSSR count). The number of benzene rings is 1. The van der Waals surface area contributed by atoms with Crippen molar-refractivity contribution in [1.82, 2.24) is 9.97 Å². The van der Waals surface area contributed by atoms with Crippen LogP contribution in [-0.4, -0.2) is 15.9 Å². The van der Waals surface area contributed by atoms with Crippen molar-refractivity contribution in [2.75, 3.05) is 5.32 Å². The number of carbonyl (C=O) groups excluding carboxylic acids is 1. The van der Waals surface area contributed by atoms with Gasteiger partial charge in [0.25, 0.3) is 0 Å². The predicted octanol–water partition coefficient (Wildman–Crippen LogP) is 3.53. The highest BCUT2D eigenvalue weighted by Crippen LogP contribution is 2.21. The summed E-state index contributed by atoms with van der Waals surface area (Å²) in [6.07, 6.45) is 3.54. The molecule has 0 fully saturated rings. The van der Waals surface area contributed by atoms with E-state index in [1.165, 1.54) is 0 Å². The Kier molecular flexibility index (Phi) is 4.19. The molecule has 0 bridgehead atoms. The summed E-state index contributed by atoms with van der Waals surface area (Å²) in [6, 6.07) is 11.4. The van der Waals surface area contributed by atoms with Crippen LogP contribution in [0.1, 0.15) is 17.0 Å². The Morgan fingerprint density at radius 3 is 2.65 bits per heavy atom. The van der Waals surface area contributed by atoms with Crippen LogP contribution < -0.4 is 5.32 Å². The monoisotopic (exact) mass is 307 g/mol. The predicted molar refractivity (Wildman–Crippen MR) is 88.0 cm³/mol. The Hall–Kier alpha value is -2.95. The molecule has 5 heteroatoms. The molecular formula is C18H17N3O2. The molecular weight excluding hydrogens is 290 g/mol. The lowest BCUT2D eigenvalue weighted by Gasteiger charge is -2.04. The molecule has 0 saturated carbocycles. The van der Waals surface area contributed by atoms with Gasteiger partial charge in [0, 0.05) is 18.1 Å². The maximum absolute atomic E-state index is 12.2. The molecule has 0 unspecified atom stereocenters. The molecule has 2 aromatic heterocycles. The fraction of sp³-hybridized carbons (Fsp3) is 0.167. The zero-order valence-electron chi connectivity index (χ0n) is 13.0. The van der Waals surface area contributed by atoms with Crippen molar-refractivity contribution in [3.63, 3.8) is 0 Å². The molecule has 0 spiro atoms. The smallest absolute Gasteiger partial charge is 0.230 e. The molecule has 0 radical (unpaired) electrons. The minimum Gasteiger partial charge on any atom is -0.441 e. The molecule has 1 N–H and O–H groups in total. The van der Waals surface area contributed by atoms with Gasteiger partial charge in [0.05, 0.1) is 17.7 Å². The van der Waals surface area contributed by atoms with E-state index in [0.29, 0.717) is 17.3 Å². The number of oxazole rings is 1. The summed E-state index contributed by atoms with van der Waals surface area (Å²) in [5.74, 6) is 1.000. The van der Waals surface area contributed by atoms with E-state index in [-0.39, 0.29) is 12.3 Å². The van der Waals surface area contributed by atoms with Crippen LogP contribution in [0.25, 0.3) is 11.5 Å². The number of hydrogen-bond acceptors (Lipinski definition) is 4. The highest BCUT2D eigenvalue weighted by Gasteiger charge is 2.14. The number of pyridine rings is 1. The number of hydrogen-bond donors (Lipinski definition) is 1. The topological polar surface area (TPSA) is 68.0 Å². The lowest BCUT2D eigenvalue weighted by molar-refractivity contribution is -0.115. The maximum Gasteiger partial charge on any atom is 0.230 e. The summed E-state index contributed by atoms with van der Waals surface area (Å²) >= 11 is 0. The summed E-state index contributed by atoms with van der Waals surface area (Å²) < 4.78 is 5.64. The lowest BCUT2D eigenvalue weighted by Crippen LogP contribution is -2.15. The van der Waals surface area contributed by atoms with E-state index < -0.39 is 0 Å². The second kappa shape index (κ2) is 6.44. The van der Waals surface area contributed by atoms with Crippen molar-refractivity contribution in [2.24, 2.45) is 0 Å². The van der Waals surface area contributed by atoms with Gasteiger partial charge in [-0.3, -0.25) is 9.78 Å². The number of aryl methyl sites for hydroxylation is 2. The minimum atomic E-state index is -0.122. The SMILES string of the molecule is Cc1ccc(NC(=O)Cc2nc(-c3cccnc3)oc2C)cc1. The normalized spacial score (nSPS) is 10.5. The second-order valence-electron chi connectivity index (χ2n) is 5.35. The zero-order chi connectivity index (χ0) is 16.2. The van der Waals surface area contributed by atoms with Crippen LogP contribution in [0.5, 0.6) is 0 Å². The Bertz CT molecular complexity index is 808. The lowest BCUT2D eigenvalue weighted by atomic mass is 10.2. The van der Waals surface area contributed by atoms with E-state index in [9.17, 15) is 4.79 Å². The quantitative estimate of drug-likeness (QED) is 0.800. The van der Waals surface area contributed by atoms with Crippen LogP contribution in [0.15, 0.2) is 53.2 Å². The summed E-state index contributed by atoms with van der Waals surface area (Å²) in [4.78, 5) is 20.6. The minimum absolute atomic E-state index is 0.122. The van der Waals surface area contributed by atoms with E-state index in [1.807, 2.05) is 43.3 Å². The summed E-state index contributed by atoms with van der Waals surface area (Å²) in [5, 5.41) is 2.86. The molecule has 0 atom stereocenters. The third kappa shape index (κ3) is 3.63. The van der Waals surface area contributed by atoms with Crippen molar-refractivity contribution in [3.8, 4) is 11.5 Å². The standard InChI is InChI=1S/C18H17N3O2/c1-12-5-7-15(8-6-12)20-17(22)10-16-13(2)23-18(21-16)14-4-3-9-19-11-14/h3-9,11H,10H2,1-2H3,(H,20,22). The van der Waals surface area contributed by atoms with Gasteiger partial charge >= 0.3 is 0 Å². The third-order valence-corrected chi connectivity index (χ3v) is 3.46. The first-order chi connectivity index (χ1) is 11.1. The average Bonchev–Trinajstić information content (AvgIpc) is 2.91. The highest BCUT2D eigenvalue weighted by molar-refractivity contribution is 5.92. The molecule has 1 aromatic carbocycles. The Balaban J connectivity index is 1.71. The Morgan fingerprint density at radius 1 is 1.17 bits per heavy atom. The van der Waals surface area contributed by atoms with E-state index >= 15 is 0 Å². The molecule has 0 saturated heterocycles. The van der Waals surface area contributed by atoms with E-state index in [2.05, 4.69) is 15.3 Å². The van der Waals surface area contributed by atoms with Crippen molar-refractivity contribution in [3.05, 3.63) is 65.8 Å². The Labute approximate surface area is 134 Å². The molecule has 2 heterocycles. The number of nitrogens with zero attached hydrogens (tertiary/aromatic N) is 2. The summed E-state index contributed by atoms with van der Waals surface area (Å²) in [5.41, 5.74) is 3.35. The molecule has 1 amide bonds. The van der Waals surface area contributed by atoms with Crippen LogP contribution in [0, 0.1) is 13.8 Å². The maximum atomic E-state index is 12.2. The first-order valence-electron chi connectivity index (χ1n) is 7.35. The van der Waals surface area contributed by atoms with Gasteiger partial charge in [-0.05, 0) is 38.1 Å². The van der Waals surface area contributed by atoms with Crippen LogP contribution in [-0.2, 0) is 11.2 Å². The van der Waals surface area contributed by atoms with Gasteiger partial charge in [0.1, 0.15) is 5.76 Å². The van der Waals surface area contributed by atoms with Crippen molar-refractivity contribution in [2.45, 2.75) is 20.3 Å². The number of carbonyl (C=O) groups is 1. The first-order valence-corrected chi connectivity index (χ1v) is 7.35. The number of nitrogens with one attached hydrogen (secondary N) is 1. The first kappa shape index (κ1) is 15.0. The number of anilines is 1. The van der Waals surface area contributed by atoms with Crippen LogP contribution in [0.4, 0.5) is 5.69 Å². The van der Waals surface area contributed by atoms with Gasteiger partial charge < -0.3 is 9.73 Å². The second-order valence-corrected chi connectivity index (χ2v) is 5.35. The van der Waals surface area contributed by atoms with Crippen LogP contribution in [0.2, 0.25) is 0 Å². The van der Waals surface area contributed by atoms with Gasteiger partial charge in [0.2, 0.25) is 11.8 Å². The van der Waals surface area contributed by atoms with Gasteiger partial charge in [0.15, 0.2) is 0 Å². The van der Waals surface area contributed by atoms with Gasteiger partial charge in [-0.25, -0.2) is 4.98 Å². The van der Waals surface area contributed by atoms with Crippen LogP contribution in [0.3, 0.4) is 0 Å². The van der Waals surface area contributed by atoms with Gasteiger partial charge in [-0.2, -0.15) is 0 Å². The van der Waals surface area contributed by atoms with Crippen molar-refractivity contribution >= 4 is 11.6 Å². The molecule has 23 heavy (non-hydrogen) atoms.